The molecule has 28 heavy (non-hydrogen) atoms. The van der Waals surface area contributed by atoms with Crippen LogP contribution in [-0.4, -0.2) is 92.7 Å². The van der Waals surface area contributed by atoms with E-state index in [1.807, 2.05) is 6.07 Å². The Labute approximate surface area is 160 Å². The van der Waals surface area contributed by atoms with E-state index in [0.29, 0.717) is 43.1 Å². The largest absolute Gasteiger partial charge is 0.483 e. The molecule has 0 unspecified atom stereocenters. The summed E-state index contributed by atoms with van der Waals surface area (Å²) in [5, 5.41) is 20.8. The summed E-state index contributed by atoms with van der Waals surface area (Å²) in [7, 11) is 1.77. The minimum atomic E-state index is -0.250. The van der Waals surface area contributed by atoms with E-state index < -0.39 is 0 Å². The highest BCUT2D eigenvalue weighted by Gasteiger charge is 2.42. The summed E-state index contributed by atoms with van der Waals surface area (Å²) >= 11 is 0. The van der Waals surface area contributed by atoms with Crippen LogP contribution in [-0.2, 0) is 14.3 Å². The number of hydrogen-bond acceptors (Lipinski definition) is 7. The molecule has 0 aliphatic carbocycles. The zero-order chi connectivity index (χ0) is 20.1. The van der Waals surface area contributed by atoms with Gasteiger partial charge in [-0.1, -0.05) is 18.2 Å². The second-order valence-corrected chi connectivity index (χ2v) is 6.33. The van der Waals surface area contributed by atoms with E-state index in [9.17, 15) is 9.59 Å². The first-order valence-electron chi connectivity index (χ1n) is 8.64. The first kappa shape index (κ1) is 19.4. The number of rotatable bonds is 2. The van der Waals surface area contributed by atoms with Crippen molar-refractivity contribution >= 4 is 18.3 Å². The van der Waals surface area contributed by atoms with E-state index in [-0.39, 0.29) is 30.4 Å². The fourth-order valence-corrected chi connectivity index (χ4v) is 3.43. The number of likely N-dealkylation sites (N-methyl/N-ethyl adjacent to an activating group) is 1. The van der Waals surface area contributed by atoms with Crippen molar-refractivity contribution < 1.29 is 24.2 Å². The van der Waals surface area contributed by atoms with Crippen LogP contribution >= 0.6 is 0 Å². The second-order valence-electron chi connectivity index (χ2n) is 6.33. The number of H-pyrrole nitrogens is 1. The second kappa shape index (κ2) is 8.57. The zero-order valence-electron chi connectivity index (χ0n) is 15.2. The molecule has 148 valence electrons. The van der Waals surface area contributed by atoms with Gasteiger partial charge < -0.3 is 19.6 Å². The van der Waals surface area contributed by atoms with Crippen molar-refractivity contribution in [3.63, 3.8) is 0 Å². The molecule has 1 aromatic carbocycles. The monoisotopic (exact) mass is 388 g/mol. The van der Waals surface area contributed by atoms with E-state index in [1.165, 1.54) is 0 Å². The molecule has 2 aromatic rings. The molecule has 0 radical (unpaired) electrons. The molecule has 0 saturated carbocycles. The highest BCUT2D eigenvalue weighted by molar-refractivity contribution is 6.00. The Morgan fingerprint density at radius 1 is 1.36 bits per heavy atom. The van der Waals surface area contributed by atoms with Crippen LogP contribution in [0.3, 0.4) is 0 Å². The van der Waals surface area contributed by atoms with Gasteiger partial charge >= 0.3 is 0 Å². The summed E-state index contributed by atoms with van der Waals surface area (Å²) < 4.78 is 5.79. The number of benzene rings is 1. The lowest BCUT2D eigenvalue weighted by Gasteiger charge is -2.25. The highest BCUT2D eigenvalue weighted by atomic mass is 16.5. The minimum absolute atomic E-state index is 0.0500. The lowest BCUT2D eigenvalue weighted by atomic mass is 10.1. The van der Waals surface area contributed by atoms with Crippen LogP contribution in [0.15, 0.2) is 24.3 Å². The van der Waals surface area contributed by atoms with E-state index in [4.69, 9.17) is 14.6 Å². The minimum Gasteiger partial charge on any atom is -0.483 e. The summed E-state index contributed by atoms with van der Waals surface area (Å²) in [6.45, 7) is 1.06. The van der Waals surface area contributed by atoms with E-state index >= 15 is 0 Å². The maximum atomic E-state index is 13.1. The highest BCUT2D eigenvalue weighted by Crippen LogP contribution is 2.26. The van der Waals surface area contributed by atoms with Crippen LogP contribution in [0.25, 0.3) is 11.4 Å². The van der Waals surface area contributed by atoms with E-state index in [0.717, 1.165) is 0 Å². The lowest BCUT2D eigenvalue weighted by molar-refractivity contribution is -0.131. The van der Waals surface area contributed by atoms with Gasteiger partial charge in [0.05, 0.1) is 30.7 Å². The van der Waals surface area contributed by atoms with Crippen molar-refractivity contribution in [2.45, 2.75) is 18.6 Å². The molecule has 0 spiro atoms. The van der Waals surface area contributed by atoms with Gasteiger partial charge in [0.1, 0.15) is 0 Å². The first-order valence-corrected chi connectivity index (χ1v) is 8.64. The number of nitrogens with zero attached hydrogens (tertiary/aromatic N) is 5. The lowest BCUT2D eigenvalue weighted by Crippen LogP contribution is -2.43. The summed E-state index contributed by atoms with van der Waals surface area (Å²) in [6, 6.07) is 7.05. The predicted octanol–water partition coefficient (Wildman–Crippen LogP) is -0.361. The molecular formula is C17H20N6O5. The summed E-state index contributed by atoms with van der Waals surface area (Å²) in [5.74, 6) is 0.299. The maximum absolute atomic E-state index is 13.1. The SMILES string of the molecule is CN1C(=O)CCO[C@H]2CN(C(=O)c3ccccc3-c3nn[nH]n3)C[C@@H]21.O=CO. The smallest absolute Gasteiger partial charge is 0.290 e. The number of carbonyl (C=O) groups is 3. The average Bonchev–Trinajstić information content (AvgIpc) is 3.35. The van der Waals surface area contributed by atoms with Crippen LogP contribution < -0.4 is 0 Å². The van der Waals surface area contributed by atoms with Crippen molar-refractivity contribution in [3.05, 3.63) is 29.8 Å². The normalized spacial score (nSPS) is 21.4. The summed E-state index contributed by atoms with van der Waals surface area (Å²) in [6.07, 6.45) is 0.232. The molecular weight excluding hydrogens is 368 g/mol. The molecule has 2 N–H and O–H groups in total. The third kappa shape index (κ3) is 3.83. The number of nitrogens with one attached hydrogen (secondary N) is 1. The number of hydrogen-bond donors (Lipinski definition) is 2. The zero-order valence-corrected chi connectivity index (χ0v) is 15.2. The van der Waals surface area contributed by atoms with Gasteiger partial charge in [-0.15, -0.1) is 10.2 Å². The number of amides is 2. The molecule has 2 fully saturated rings. The Balaban J connectivity index is 0.000000706. The number of ether oxygens (including phenoxy) is 1. The Bertz CT molecular complexity index is 842. The fraction of sp³-hybridized carbons (Fsp3) is 0.412. The number of likely N-dealkylation sites (tertiary alicyclic amines) is 1. The third-order valence-corrected chi connectivity index (χ3v) is 4.81. The summed E-state index contributed by atoms with van der Waals surface area (Å²) in [5.41, 5.74) is 1.13. The molecule has 2 saturated heterocycles. The van der Waals surface area contributed by atoms with Crippen molar-refractivity contribution in [1.82, 2.24) is 30.4 Å². The third-order valence-electron chi connectivity index (χ3n) is 4.81. The van der Waals surface area contributed by atoms with Crippen molar-refractivity contribution in [2.75, 3.05) is 26.7 Å². The molecule has 2 amide bonds. The van der Waals surface area contributed by atoms with Gasteiger partial charge in [-0.3, -0.25) is 14.4 Å². The molecule has 4 rings (SSSR count). The predicted molar refractivity (Wildman–Crippen MR) is 95.1 cm³/mol. The van der Waals surface area contributed by atoms with E-state index in [1.54, 1.807) is 35.0 Å². The van der Waals surface area contributed by atoms with Crippen LogP contribution in [0.4, 0.5) is 0 Å². The number of carbonyl (C=O) groups excluding carboxylic acids is 2. The molecule has 2 aliphatic heterocycles. The first-order chi connectivity index (χ1) is 13.6. The molecule has 11 nitrogen and oxygen atoms in total. The van der Waals surface area contributed by atoms with Crippen molar-refractivity contribution in [2.24, 2.45) is 0 Å². The van der Waals surface area contributed by atoms with E-state index in [2.05, 4.69) is 20.6 Å². The quantitative estimate of drug-likeness (QED) is 0.664. The average molecular weight is 388 g/mol. The van der Waals surface area contributed by atoms with Gasteiger partial charge in [-0.25, -0.2) is 0 Å². The van der Waals surface area contributed by atoms with Crippen molar-refractivity contribution in [1.29, 1.82) is 0 Å². The van der Waals surface area contributed by atoms with Crippen LogP contribution in [0.5, 0.6) is 0 Å². The number of aromatic amines is 1. The summed E-state index contributed by atoms with van der Waals surface area (Å²) in [4.78, 5) is 36.9. The van der Waals surface area contributed by atoms with Gasteiger partial charge in [0.15, 0.2) is 0 Å². The Kier molecular flexibility index (Phi) is 5.94. The molecule has 2 atom stereocenters. The van der Waals surface area contributed by atoms with Gasteiger partial charge in [0, 0.05) is 25.7 Å². The molecule has 1 aromatic heterocycles. The number of carboxylic acid groups (broad SMARTS) is 1. The fourth-order valence-electron chi connectivity index (χ4n) is 3.43. The molecule has 3 heterocycles. The Morgan fingerprint density at radius 2 is 2.11 bits per heavy atom. The van der Waals surface area contributed by atoms with Gasteiger partial charge in [0.2, 0.25) is 11.7 Å². The van der Waals surface area contributed by atoms with Crippen LogP contribution in [0.1, 0.15) is 16.8 Å². The Hall–Kier alpha value is -3.34. The molecule has 11 heteroatoms. The van der Waals surface area contributed by atoms with Gasteiger partial charge in [-0.2, -0.15) is 5.21 Å². The maximum Gasteiger partial charge on any atom is 0.290 e. The van der Waals surface area contributed by atoms with Crippen LogP contribution in [0, 0.1) is 0 Å². The molecule has 0 bridgehead atoms. The topological polar surface area (TPSA) is 142 Å². The number of aromatic nitrogens is 4. The van der Waals surface area contributed by atoms with Crippen molar-refractivity contribution in [3.8, 4) is 11.4 Å². The van der Waals surface area contributed by atoms with Crippen LogP contribution in [0.2, 0.25) is 0 Å². The van der Waals surface area contributed by atoms with Gasteiger partial charge in [-0.05, 0) is 11.3 Å². The Morgan fingerprint density at radius 3 is 2.82 bits per heavy atom. The van der Waals surface area contributed by atoms with Gasteiger partial charge in [0.25, 0.3) is 12.4 Å². The molecule has 2 aliphatic rings. The number of fused-ring (bicyclic) bond motifs is 1. The number of tetrazole rings is 1. The standard InChI is InChI=1S/C16H18N6O3.CH2O2/c1-21-12-8-22(9-13(12)25-7-6-14(21)23)16(24)11-5-3-2-4-10(11)15-17-19-20-18-15;2-1-3/h2-5,12-13H,6-9H2,1H3,(H,17,18,19,20);1H,(H,2,3)/t12-,13-;/m0./s1.